The van der Waals surface area contributed by atoms with Crippen LogP contribution in [0, 0.1) is 11.8 Å². The lowest BCUT2D eigenvalue weighted by Crippen LogP contribution is -2.13. The third kappa shape index (κ3) is 11.5. The molecule has 0 aromatic heterocycles. The number of carbonyl (C=O) groups excluding carboxylic acids is 1. The molecule has 0 fully saturated rings. The maximum absolute atomic E-state index is 10.9. The van der Waals surface area contributed by atoms with Crippen LogP contribution in [0.25, 0.3) is 0 Å². The van der Waals surface area contributed by atoms with Crippen LogP contribution >= 0.6 is 0 Å². The number of ketones is 1. The van der Waals surface area contributed by atoms with Crippen LogP contribution in [0.1, 0.15) is 40.0 Å². The number of nitrogens with zero attached hydrogens (tertiary/aromatic N) is 2. The van der Waals surface area contributed by atoms with Gasteiger partial charge in [0.2, 0.25) is 0 Å². The van der Waals surface area contributed by atoms with E-state index in [2.05, 4.69) is 30.8 Å². The molecule has 0 rings (SSSR count). The summed E-state index contributed by atoms with van der Waals surface area (Å²) in [5.74, 6) is 1.13. The van der Waals surface area contributed by atoms with Gasteiger partial charge in [0.05, 0.1) is 6.54 Å². The number of nitrogens with two attached hydrogens (primary N) is 1. The fraction of sp³-hybridized carbons (Fsp3) is 0.786. The summed E-state index contributed by atoms with van der Waals surface area (Å²) in [6.07, 6.45) is 6.28. The zero-order chi connectivity index (χ0) is 13.8. The number of rotatable bonds is 10. The molecule has 0 aliphatic rings. The van der Waals surface area contributed by atoms with Gasteiger partial charge >= 0.3 is 0 Å². The van der Waals surface area contributed by atoms with Gasteiger partial charge in [0.25, 0.3) is 0 Å². The average molecular weight is 253 g/mol. The molecule has 4 heteroatoms. The van der Waals surface area contributed by atoms with Crippen molar-refractivity contribution < 1.29 is 4.79 Å². The highest BCUT2D eigenvalue weighted by molar-refractivity contribution is 5.80. The maximum Gasteiger partial charge on any atom is 0.146 e. The molecular formula is C14H27N3O. The minimum absolute atomic E-state index is 0.108. The van der Waals surface area contributed by atoms with Crippen molar-refractivity contribution in [2.45, 2.75) is 40.0 Å². The second-order valence-corrected chi connectivity index (χ2v) is 5.06. The topological polar surface area (TPSA) is 67.8 Å². The quantitative estimate of drug-likeness (QED) is 0.478. The summed E-state index contributed by atoms with van der Waals surface area (Å²) in [4.78, 5) is 19.6. The van der Waals surface area contributed by atoms with Crippen molar-refractivity contribution in [2.24, 2.45) is 27.6 Å². The summed E-state index contributed by atoms with van der Waals surface area (Å²) in [7, 11) is 0. The Morgan fingerprint density at radius 1 is 1.28 bits per heavy atom. The molecule has 0 saturated carbocycles. The van der Waals surface area contributed by atoms with E-state index in [4.69, 9.17) is 5.73 Å². The highest BCUT2D eigenvalue weighted by Crippen LogP contribution is 1.97. The molecule has 0 aliphatic carbocycles. The van der Waals surface area contributed by atoms with Crippen molar-refractivity contribution in [3.8, 4) is 0 Å². The highest BCUT2D eigenvalue weighted by atomic mass is 16.1. The van der Waals surface area contributed by atoms with Crippen molar-refractivity contribution in [2.75, 3.05) is 19.6 Å². The summed E-state index contributed by atoms with van der Waals surface area (Å²) in [5.41, 5.74) is 5.22. The molecule has 0 aliphatic heterocycles. The molecule has 0 aromatic carbocycles. The summed E-state index contributed by atoms with van der Waals surface area (Å²) < 4.78 is 0. The average Bonchev–Trinajstić information content (AvgIpc) is 2.33. The third-order valence-corrected chi connectivity index (χ3v) is 2.43. The van der Waals surface area contributed by atoms with Gasteiger partial charge in [-0.05, 0) is 25.0 Å². The van der Waals surface area contributed by atoms with Crippen LogP contribution < -0.4 is 5.73 Å². The van der Waals surface area contributed by atoms with Crippen molar-refractivity contribution in [3.05, 3.63) is 0 Å². The second kappa shape index (κ2) is 11.1. The van der Waals surface area contributed by atoms with Crippen molar-refractivity contribution in [1.29, 1.82) is 0 Å². The number of Topliss-reactive ketones (excluding diaryl/α,β-unsaturated/α-hetero) is 1. The van der Waals surface area contributed by atoms with E-state index in [1.807, 2.05) is 12.4 Å². The van der Waals surface area contributed by atoms with Gasteiger partial charge in [-0.3, -0.25) is 14.8 Å². The molecule has 1 unspecified atom stereocenters. The Morgan fingerprint density at radius 2 is 2.00 bits per heavy atom. The van der Waals surface area contributed by atoms with E-state index in [1.54, 1.807) is 0 Å². The van der Waals surface area contributed by atoms with Gasteiger partial charge in [-0.2, -0.15) is 0 Å². The Kier molecular flexibility index (Phi) is 10.4. The van der Waals surface area contributed by atoms with Gasteiger partial charge in [-0.1, -0.05) is 20.8 Å². The molecule has 0 bridgehead atoms. The molecule has 0 amide bonds. The normalized spacial score (nSPS) is 13.8. The van der Waals surface area contributed by atoms with E-state index in [0.717, 1.165) is 19.4 Å². The van der Waals surface area contributed by atoms with Crippen LogP contribution in [0.15, 0.2) is 9.98 Å². The summed E-state index contributed by atoms with van der Waals surface area (Å²) in [6, 6.07) is 0. The summed E-state index contributed by atoms with van der Waals surface area (Å²) in [5, 5.41) is 0. The van der Waals surface area contributed by atoms with Gasteiger partial charge in [0.1, 0.15) is 5.78 Å². The summed E-state index contributed by atoms with van der Waals surface area (Å²) >= 11 is 0. The van der Waals surface area contributed by atoms with Crippen LogP contribution in [0.3, 0.4) is 0 Å². The first-order valence-electron chi connectivity index (χ1n) is 6.76. The van der Waals surface area contributed by atoms with Gasteiger partial charge in [0, 0.05) is 31.6 Å². The van der Waals surface area contributed by atoms with E-state index in [0.29, 0.717) is 24.8 Å². The number of hydrogen-bond acceptors (Lipinski definition) is 4. The first kappa shape index (κ1) is 17.0. The van der Waals surface area contributed by atoms with Gasteiger partial charge in [-0.15, -0.1) is 0 Å². The SMILES string of the molecule is CC(C)C/C=N/CC(C)/C=N\CCCC(=O)CN. The molecule has 0 saturated heterocycles. The minimum Gasteiger partial charge on any atom is -0.324 e. The molecule has 4 nitrogen and oxygen atoms in total. The first-order valence-corrected chi connectivity index (χ1v) is 6.76. The predicted molar refractivity (Wildman–Crippen MR) is 78.6 cm³/mol. The lowest BCUT2D eigenvalue weighted by molar-refractivity contribution is -0.117. The standard InChI is InChI=1S/C14H27N3O/c1-12(2)6-8-17-11-13(3)10-16-7-4-5-14(18)9-15/h8,10,12-13H,4-7,9,11,15H2,1-3H3/b16-10-,17-8+. The van der Waals surface area contributed by atoms with Gasteiger partial charge in [-0.25, -0.2) is 0 Å². The van der Waals surface area contributed by atoms with Gasteiger partial charge in [0.15, 0.2) is 0 Å². The lowest BCUT2D eigenvalue weighted by atomic mass is 10.1. The van der Waals surface area contributed by atoms with Crippen LogP contribution in [0.5, 0.6) is 0 Å². The summed E-state index contributed by atoms with van der Waals surface area (Å²) in [6.45, 7) is 8.09. The zero-order valence-corrected chi connectivity index (χ0v) is 11.9. The number of aliphatic imine (C=N–C) groups is 2. The van der Waals surface area contributed by atoms with Crippen LogP contribution in [0.2, 0.25) is 0 Å². The molecule has 0 radical (unpaired) electrons. The Bertz CT molecular complexity index is 272. The molecule has 0 aromatic rings. The van der Waals surface area contributed by atoms with Crippen molar-refractivity contribution in [3.63, 3.8) is 0 Å². The fourth-order valence-electron chi connectivity index (χ4n) is 1.30. The number of hydrogen-bond donors (Lipinski definition) is 1. The Hall–Kier alpha value is -1.03. The van der Waals surface area contributed by atoms with Crippen LogP contribution in [-0.4, -0.2) is 37.8 Å². The van der Waals surface area contributed by atoms with E-state index in [9.17, 15) is 4.79 Å². The van der Waals surface area contributed by atoms with Gasteiger partial charge < -0.3 is 5.73 Å². The maximum atomic E-state index is 10.9. The minimum atomic E-state index is 0.108. The van der Waals surface area contributed by atoms with E-state index in [1.165, 1.54) is 0 Å². The fourth-order valence-corrected chi connectivity index (χ4v) is 1.30. The van der Waals surface area contributed by atoms with Crippen molar-refractivity contribution in [1.82, 2.24) is 0 Å². The highest BCUT2D eigenvalue weighted by Gasteiger charge is 1.98. The monoisotopic (exact) mass is 253 g/mol. The lowest BCUT2D eigenvalue weighted by Gasteiger charge is -2.01. The molecule has 0 spiro atoms. The predicted octanol–water partition coefficient (Wildman–Crippen LogP) is 2.12. The smallest absolute Gasteiger partial charge is 0.146 e. The van der Waals surface area contributed by atoms with Crippen LogP contribution in [0.4, 0.5) is 0 Å². The zero-order valence-electron chi connectivity index (χ0n) is 11.9. The first-order chi connectivity index (χ1) is 8.56. The third-order valence-electron chi connectivity index (χ3n) is 2.43. The Morgan fingerprint density at radius 3 is 2.61 bits per heavy atom. The van der Waals surface area contributed by atoms with E-state index < -0.39 is 0 Å². The Balaban J connectivity index is 3.58. The van der Waals surface area contributed by atoms with E-state index >= 15 is 0 Å². The molecule has 18 heavy (non-hydrogen) atoms. The second-order valence-electron chi connectivity index (χ2n) is 5.06. The molecule has 1 atom stereocenters. The molecule has 2 N–H and O–H groups in total. The molecule has 104 valence electrons. The largest absolute Gasteiger partial charge is 0.324 e. The molecular weight excluding hydrogens is 226 g/mol. The molecule has 0 heterocycles. The van der Waals surface area contributed by atoms with Crippen molar-refractivity contribution >= 4 is 18.2 Å². The van der Waals surface area contributed by atoms with Crippen LogP contribution in [-0.2, 0) is 4.79 Å². The van der Waals surface area contributed by atoms with E-state index in [-0.39, 0.29) is 12.3 Å². The Labute approximate surface area is 111 Å². The number of carbonyl (C=O) groups is 1.